The highest BCUT2D eigenvalue weighted by molar-refractivity contribution is 7.99. The lowest BCUT2D eigenvalue weighted by Crippen LogP contribution is -2.02. The van der Waals surface area contributed by atoms with Gasteiger partial charge in [0.1, 0.15) is 11.5 Å². The number of rotatable bonds is 3. The molecular formula is C18H14N2OS. The highest BCUT2D eigenvalue weighted by atomic mass is 32.2. The lowest BCUT2D eigenvalue weighted by molar-refractivity contribution is 0.455. The van der Waals surface area contributed by atoms with Crippen molar-refractivity contribution in [2.24, 2.45) is 0 Å². The predicted octanol–water partition coefficient (Wildman–Crippen LogP) is 4.95. The maximum atomic E-state index is 5.99. The van der Waals surface area contributed by atoms with Gasteiger partial charge in [-0.25, -0.2) is 0 Å². The molecule has 108 valence electrons. The predicted molar refractivity (Wildman–Crippen MR) is 88.6 cm³/mol. The number of ether oxygens (including phenoxy) is 1. The quantitative estimate of drug-likeness (QED) is 0.580. The van der Waals surface area contributed by atoms with Crippen LogP contribution in [0.2, 0.25) is 0 Å². The van der Waals surface area contributed by atoms with Gasteiger partial charge < -0.3 is 10.1 Å². The molecule has 1 aliphatic heterocycles. The molecule has 0 aliphatic carbocycles. The summed E-state index contributed by atoms with van der Waals surface area (Å²) in [6.45, 7) is 0.698. The van der Waals surface area contributed by atoms with Crippen LogP contribution in [0.4, 0.5) is 5.69 Å². The van der Waals surface area contributed by atoms with Gasteiger partial charge in [-0.05, 0) is 36.4 Å². The number of aromatic nitrogens is 1. The van der Waals surface area contributed by atoms with Gasteiger partial charge >= 0.3 is 0 Å². The summed E-state index contributed by atoms with van der Waals surface area (Å²) in [4.78, 5) is 6.61. The minimum absolute atomic E-state index is 0.698. The number of nitrogens with one attached hydrogen (secondary N) is 1. The van der Waals surface area contributed by atoms with Crippen molar-refractivity contribution in [3.63, 3.8) is 0 Å². The molecule has 1 aliphatic rings. The first-order chi connectivity index (χ1) is 10.9. The summed E-state index contributed by atoms with van der Waals surface area (Å²) in [5.41, 5.74) is 2.05. The zero-order chi connectivity index (χ0) is 14.8. The number of hydrogen-bond donors (Lipinski definition) is 1. The minimum atomic E-state index is 0.698. The first-order valence-electron chi connectivity index (χ1n) is 7.11. The van der Waals surface area contributed by atoms with E-state index in [0.29, 0.717) is 6.54 Å². The van der Waals surface area contributed by atoms with Crippen LogP contribution in [0.15, 0.2) is 76.7 Å². The van der Waals surface area contributed by atoms with Crippen molar-refractivity contribution < 1.29 is 4.74 Å². The van der Waals surface area contributed by atoms with Crippen molar-refractivity contribution in [3.8, 4) is 11.5 Å². The molecule has 2 heterocycles. The summed E-state index contributed by atoms with van der Waals surface area (Å²) in [6.07, 6.45) is 1.81. The minimum Gasteiger partial charge on any atom is -0.455 e. The number of hydrogen-bond acceptors (Lipinski definition) is 4. The van der Waals surface area contributed by atoms with Crippen molar-refractivity contribution in [1.82, 2.24) is 4.98 Å². The Morgan fingerprint density at radius 3 is 2.68 bits per heavy atom. The molecule has 0 unspecified atom stereocenters. The lowest BCUT2D eigenvalue weighted by Gasteiger charge is -2.20. The zero-order valence-corrected chi connectivity index (χ0v) is 12.6. The fourth-order valence-electron chi connectivity index (χ4n) is 2.33. The molecule has 1 aromatic heterocycles. The first kappa shape index (κ1) is 13.2. The van der Waals surface area contributed by atoms with Crippen molar-refractivity contribution in [3.05, 3.63) is 72.6 Å². The van der Waals surface area contributed by atoms with Crippen LogP contribution in [0.1, 0.15) is 5.69 Å². The van der Waals surface area contributed by atoms with Crippen LogP contribution in [-0.2, 0) is 6.54 Å². The van der Waals surface area contributed by atoms with Crippen LogP contribution in [0.3, 0.4) is 0 Å². The Kier molecular flexibility index (Phi) is 3.45. The second kappa shape index (κ2) is 5.73. The van der Waals surface area contributed by atoms with Gasteiger partial charge in [-0.2, -0.15) is 0 Å². The van der Waals surface area contributed by atoms with Gasteiger partial charge in [0.2, 0.25) is 0 Å². The van der Waals surface area contributed by atoms with Gasteiger partial charge in [-0.3, -0.25) is 4.98 Å². The number of anilines is 1. The summed E-state index contributed by atoms with van der Waals surface area (Å²) in [5.74, 6) is 1.82. The molecule has 0 fully saturated rings. The third-order valence-electron chi connectivity index (χ3n) is 3.43. The van der Waals surface area contributed by atoms with E-state index in [1.807, 2.05) is 42.5 Å². The molecule has 0 radical (unpaired) electrons. The van der Waals surface area contributed by atoms with Crippen LogP contribution in [0, 0.1) is 0 Å². The molecule has 0 atom stereocenters. The van der Waals surface area contributed by atoms with E-state index in [9.17, 15) is 0 Å². The number of para-hydroxylation sites is 1. The molecule has 0 saturated heterocycles. The van der Waals surface area contributed by atoms with Crippen LogP contribution < -0.4 is 10.1 Å². The average Bonchev–Trinajstić information content (AvgIpc) is 2.59. The van der Waals surface area contributed by atoms with E-state index in [0.717, 1.165) is 32.7 Å². The Hall–Kier alpha value is -2.46. The highest BCUT2D eigenvalue weighted by Gasteiger charge is 2.17. The van der Waals surface area contributed by atoms with Crippen LogP contribution in [-0.4, -0.2) is 4.98 Å². The van der Waals surface area contributed by atoms with Crippen molar-refractivity contribution in [2.45, 2.75) is 16.3 Å². The molecule has 3 aromatic rings. The third kappa shape index (κ3) is 2.65. The van der Waals surface area contributed by atoms with Crippen molar-refractivity contribution >= 4 is 17.4 Å². The van der Waals surface area contributed by atoms with Crippen molar-refractivity contribution in [1.29, 1.82) is 0 Å². The number of fused-ring (bicyclic) bond motifs is 2. The molecule has 0 bridgehead atoms. The van der Waals surface area contributed by atoms with E-state index >= 15 is 0 Å². The molecule has 0 saturated carbocycles. The highest BCUT2D eigenvalue weighted by Crippen LogP contribution is 2.47. The number of nitrogens with zero attached hydrogens (tertiary/aromatic N) is 1. The fraction of sp³-hybridized carbons (Fsp3) is 0.0556. The Labute approximate surface area is 133 Å². The molecule has 3 nitrogen and oxygen atoms in total. The van der Waals surface area contributed by atoms with E-state index < -0.39 is 0 Å². The van der Waals surface area contributed by atoms with E-state index in [-0.39, 0.29) is 0 Å². The zero-order valence-electron chi connectivity index (χ0n) is 11.8. The lowest BCUT2D eigenvalue weighted by atomic mass is 10.2. The fourth-order valence-corrected chi connectivity index (χ4v) is 3.26. The molecule has 1 N–H and O–H groups in total. The van der Waals surface area contributed by atoms with E-state index in [1.165, 1.54) is 0 Å². The second-order valence-electron chi connectivity index (χ2n) is 4.99. The summed E-state index contributed by atoms with van der Waals surface area (Å²) < 4.78 is 5.99. The van der Waals surface area contributed by atoms with Crippen molar-refractivity contribution in [2.75, 3.05) is 5.32 Å². The first-order valence-corrected chi connectivity index (χ1v) is 7.93. The normalized spacial score (nSPS) is 12.0. The Bertz CT molecular complexity index is 805. The Morgan fingerprint density at radius 2 is 1.77 bits per heavy atom. The van der Waals surface area contributed by atoms with Gasteiger partial charge in [0.25, 0.3) is 0 Å². The van der Waals surface area contributed by atoms with E-state index in [4.69, 9.17) is 4.74 Å². The average molecular weight is 306 g/mol. The monoisotopic (exact) mass is 306 g/mol. The maximum absolute atomic E-state index is 5.99. The molecule has 4 rings (SSSR count). The summed E-state index contributed by atoms with van der Waals surface area (Å²) in [6, 6.07) is 20.2. The van der Waals surface area contributed by atoms with E-state index in [1.54, 1.807) is 18.0 Å². The second-order valence-corrected chi connectivity index (χ2v) is 6.07. The smallest absolute Gasteiger partial charge is 0.143 e. The largest absolute Gasteiger partial charge is 0.455 e. The molecule has 2 aromatic carbocycles. The third-order valence-corrected chi connectivity index (χ3v) is 4.55. The van der Waals surface area contributed by atoms with E-state index in [2.05, 4.69) is 28.5 Å². The SMILES string of the molecule is c1ccc(CNc2ccc3c(c2)Oc2ccccc2S3)nc1. The van der Waals surface area contributed by atoms with Crippen LogP contribution in [0.25, 0.3) is 0 Å². The topological polar surface area (TPSA) is 34.1 Å². The molecule has 0 spiro atoms. The Morgan fingerprint density at radius 1 is 0.909 bits per heavy atom. The summed E-state index contributed by atoms with van der Waals surface area (Å²) >= 11 is 1.74. The Balaban J connectivity index is 1.53. The van der Waals surface area contributed by atoms with Gasteiger partial charge in [-0.15, -0.1) is 0 Å². The molecule has 4 heteroatoms. The number of pyridine rings is 1. The van der Waals surface area contributed by atoms with Crippen LogP contribution >= 0.6 is 11.8 Å². The standard InChI is InChI=1S/C18H14N2OS/c1-2-7-17-15(6-1)21-16-11-13(8-9-18(16)22-17)20-12-14-5-3-4-10-19-14/h1-11,20H,12H2. The van der Waals surface area contributed by atoms with Gasteiger partial charge in [-0.1, -0.05) is 30.0 Å². The van der Waals surface area contributed by atoms with Gasteiger partial charge in [0.15, 0.2) is 0 Å². The molecular weight excluding hydrogens is 292 g/mol. The maximum Gasteiger partial charge on any atom is 0.143 e. The molecule has 0 amide bonds. The molecule has 22 heavy (non-hydrogen) atoms. The van der Waals surface area contributed by atoms with Gasteiger partial charge in [0, 0.05) is 18.0 Å². The van der Waals surface area contributed by atoms with Gasteiger partial charge in [0.05, 0.1) is 22.0 Å². The van der Waals surface area contributed by atoms with Crippen LogP contribution in [0.5, 0.6) is 11.5 Å². The number of benzene rings is 2. The summed E-state index contributed by atoms with van der Waals surface area (Å²) in [5, 5.41) is 3.38. The summed E-state index contributed by atoms with van der Waals surface area (Å²) in [7, 11) is 0.